The van der Waals surface area contributed by atoms with E-state index in [9.17, 15) is 0 Å². The number of nitrogens with zero attached hydrogens (tertiary/aromatic N) is 2. The van der Waals surface area contributed by atoms with E-state index in [4.69, 9.17) is 9.15 Å². The van der Waals surface area contributed by atoms with E-state index in [1.807, 2.05) is 24.3 Å². The van der Waals surface area contributed by atoms with Crippen molar-refractivity contribution in [3.63, 3.8) is 0 Å². The topological polar surface area (TPSA) is 60.2 Å². The molecule has 0 aliphatic carbocycles. The van der Waals surface area contributed by atoms with Crippen molar-refractivity contribution in [3.8, 4) is 5.75 Å². The third kappa shape index (κ3) is 4.35. The minimum absolute atomic E-state index is 0.0292. The van der Waals surface area contributed by atoms with Gasteiger partial charge in [-0.25, -0.2) is 0 Å². The zero-order chi connectivity index (χ0) is 14.6. The molecular formula is C15H21N3O2. The highest BCUT2D eigenvalue weighted by atomic mass is 16.5. The molecule has 5 nitrogen and oxygen atoms in total. The number of methoxy groups -OCH3 is 1. The van der Waals surface area contributed by atoms with Gasteiger partial charge in [0, 0.05) is 5.54 Å². The van der Waals surface area contributed by atoms with Crippen LogP contribution in [0.2, 0.25) is 0 Å². The summed E-state index contributed by atoms with van der Waals surface area (Å²) in [5.74, 6) is 2.05. The van der Waals surface area contributed by atoms with Crippen LogP contribution < -0.4 is 10.1 Å². The number of aromatic nitrogens is 2. The van der Waals surface area contributed by atoms with Gasteiger partial charge in [-0.3, -0.25) is 0 Å². The summed E-state index contributed by atoms with van der Waals surface area (Å²) in [5, 5.41) is 11.4. The van der Waals surface area contributed by atoms with Crippen LogP contribution in [-0.2, 0) is 13.0 Å². The predicted octanol–water partition coefficient (Wildman–Crippen LogP) is 2.56. The van der Waals surface area contributed by atoms with Gasteiger partial charge in [-0.15, -0.1) is 10.2 Å². The molecule has 0 bridgehead atoms. The maximum atomic E-state index is 5.63. The molecule has 1 aromatic heterocycles. The molecule has 0 radical (unpaired) electrons. The summed E-state index contributed by atoms with van der Waals surface area (Å²) < 4.78 is 10.8. The van der Waals surface area contributed by atoms with Crippen LogP contribution in [0.1, 0.15) is 38.1 Å². The summed E-state index contributed by atoms with van der Waals surface area (Å²) >= 11 is 0. The monoisotopic (exact) mass is 275 g/mol. The lowest BCUT2D eigenvalue weighted by atomic mass is 10.1. The smallest absolute Gasteiger partial charge is 0.230 e. The van der Waals surface area contributed by atoms with Crippen LogP contribution in [-0.4, -0.2) is 22.8 Å². The van der Waals surface area contributed by atoms with Crippen molar-refractivity contribution < 1.29 is 9.15 Å². The quantitative estimate of drug-likeness (QED) is 0.908. The number of rotatable bonds is 5. The second-order valence-corrected chi connectivity index (χ2v) is 5.72. The van der Waals surface area contributed by atoms with Gasteiger partial charge in [0.15, 0.2) is 0 Å². The molecule has 20 heavy (non-hydrogen) atoms. The van der Waals surface area contributed by atoms with Gasteiger partial charge in [-0.1, -0.05) is 12.1 Å². The minimum atomic E-state index is 0.0292. The zero-order valence-electron chi connectivity index (χ0n) is 12.4. The Labute approximate surface area is 119 Å². The van der Waals surface area contributed by atoms with E-state index in [2.05, 4.69) is 36.3 Å². The van der Waals surface area contributed by atoms with E-state index in [1.165, 1.54) is 0 Å². The average molecular weight is 275 g/mol. The molecule has 0 unspecified atom stereocenters. The SMILES string of the molecule is COc1cccc(Cc2nnc(CNC(C)(C)C)o2)c1. The summed E-state index contributed by atoms with van der Waals surface area (Å²) in [5.41, 5.74) is 1.12. The summed E-state index contributed by atoms with van der Waals surface area (Å²) in [6.45, 7) is 6.87. The van der Waals surface area contributed by atoms with Gasteiger partial charge >= 0.3 is 0 Å². The van der Waals surface area contributed by atoms with Crippen LogP contribution in [0.3, 0.4) is 0 Å². The molecule has 0 amide bonds. The maximum Gasteiger partial charge on any atom is 0.230 e. The fraction of sp³-hybridized carbons (Fsp3) is 0.467. The molecule has 1 heterocycles. The van der Waals surface area contributed by atoms with Gasteiger partial charge in [-0.05, 0) is 38.5 Å². The number of hydrogen-bond acceptors (Lipinski definition) is 5. The standard InChI is InChI=1S/C15H21N3O2/c1-15(2,3)16-10-14-18-17-13(20-14)9-11-6-5-7-12(8-11)19-4/h5-8,16H,9-10H2,1-4H3. The van der Waals surface area contributed by atoms with E-state index in [0.717, 1.165) is 11.3 Å². The summed E-state index contributed by atoms with van der Waals surface area (Å²) in [6.07, 6.45) is 0.611. The Morgan fingerprint density at radius 2 is 1.95 bits per heavy atom. The minimum Gasteiger partial charge on any atom is -0.497 e. The Bertz CT molecular complexity index is 558. The first kappa shape index (κ1) is 14.5. The Hall–Kier alpha value is -1.88. The lowest BCUT2D eigenvalue weighted by Gasteiger charge is -2.18. The second kappa shape index (κ2) is 6.05. The number of ether oxygens (including phenoxy) is 1. The molecule has 0 fully saturated rings. The average Bonchev–Trinajstić information content (AvgIpc) is 2.83. The van der Waals surface area contributed by atoms with Gasteiger partial charge in [0.05, 0.1) is 20.1 Å². The number of benzene rings is 1. The fourth-order valence-electron chi connectivity index (χ4n) is 1.73. The Balaban J connectivity index is 1.98. The van der Waals surface area contributed by atoms with Crippen molar-refractivity contribution in [2.75, 3.05) is 7.11 Å². The van der Waals surface area contributed by atoms with Crippen molar-refractivity contribution in [3.05, 3.63) is 41.6 Å². The van der Waals surface area contributed by atoms with Gasteiger partial charge in [0.1, 0.15) is 5.75 Å². The normalized spacial score (nSPS) is 11.6. The molecule has 5 heteroatoms. The van der Waals surface area contributed by atoms with E-state index >= 15 is 0 Å². The summed E-state index contributed by atoms with van der Waals surface area (Å²) in [7, 11) is 1.65. The van der Waals surface area contributed by atoms with Crippen molar-refractivity contribution >= 4 is 0 Å². The van der Waals surface area contributed by atoms with Gasteiger partial charge < -0.3 is 14.5 Å². The molecule has 0 aliphatic rings. The first-order chi connectivity index (χ1) is 9.46. The van der Waals surface area contributed by atoms with Crippen molar-refractivity contribution in [2.24, 2.45) is 0 Å². The van der Waals surface area contributed by atoms with Gasteiger partial charge in [0.25, 0.3) is 0 Å². The highest BCUT2D eigenvalue weighted by molar-refractivity contribution is 5.29. The molecule has 0 spiro atoms. The van der Waals surface area contributed by atoms with E-state index < -0.39 is 0 Å². The molecule has 1 aromatic carbocycles. The van der Waals surface area contributed by atoms with Crippen LogP contribution in [0.4, 0.5) is 0 Å². The van der Waals surface area contributed by atoms with Crippen molar-refractivity contribution in [1.82, 2.24) is 15.5 Å². The van der Waals surface area contributed by atoms with Crippen molar-refractivity contribution in [1.29, 1.82) is 0 Å². The third-order valence-corrected chi connectivity index (χ3v) is 2.77. The predicted molar refractivity (Wildman–Crippen MR) is 76.7 cm³/mol. The molecule has 0 aliphatic heterocycles. The third-order valence-electron chi connectivity index (χ3n) is 2.77. The summed E-state index contributed by atoms with van der Waals surface area (Å²) in [6, 6.07) is 7.85. The van der Waals surface area contributed by atoms with Crippen LogP contribution in [0, 0.1) is 0 Å². The number of hydrogen-bond donors (Lipinski definition) is 1. The number of nitrogens with one attached hydrogen (secondary N) is 1. The first-order valence-corrected chi connectivity index (χ1v) is 6.65. The molecule has 2 aromatic rings. The summed E-state index contributed by atoms with van der Waals surface area (Å²) in [4.78, 5) is 0. The van der Waals surface area contributed by atoms with E-state index in [1.54, 1.807) is 7.11 Å². The van der Waals surface area contributed by atoms with Crippen LogP contribution in [0.25, 0.3) is 0 Å². The zero-order valence-corrected chi connectivity index (χ0v) is 12.4. The van der Waals surface area contributed by atoms with Gasteiger partial charge in [-0.2, -0.15) is 0 Å². The lowest BCUT2D eigenvalue weighted by molar-refractivity contribution is 0.372. The molecular weight excluding hydrogens is 254 g/mol. The molecule has 0 saturated carbocycles. The molecule has 108 valence electrons. The Morgan fingerprint density at radius 1 is 1.20 bits per heavy atom. The largest absolute Gasteiger partial charge is 0.497 e. The highest BCUT2D eigenvalue weighted by Gasteiger charge is 2.12. The van der Waals surface area contributed by atoms with E-state index in [-0.39, 0.29) is 5.54 Å². The van der Waals surface area contributed by atoms with Gasteiger partial charge in [0.2, 0.25) is 11.8 Å². The highest BCUT2D eigenvalue weighted by Crippen LogP contribution is 2.15. The molecule has 1 N–H and O–H groups in total. The second-order valence-electron chi connectivity index (χ2n) is 5.72. The maximum absolute atomic E-state index is 5.63. The first-order valence-electron chi connectivity index (χ1n) is 6.65. The fourth-order valence-corrected chi connectivity index (χ4v) is 1.73. The van der Waals surface area contributed by atoms with Crippen LogP contribution in [0.5, 0.6) is 5.75 Å². The molecule has 2 rings (SSSR count). The lowest BCUT2D eigenvalue weighted by Crippen LogP contribution is -2.35. The van der Waals surface area contributed by atoms with Crippen molar-refractivity contribution in [2.45, 2.75) is 39.3 Å². The Kier molecular flexibility index (Phi) is 4.39. The molecule has 0 saturated heterocycles. The molecule has 0 atom stereocenters. The van der Waals surface area contributed by atoms with Crippen LogP contribution in [0.15, 0.2) is 28.7 Å². The Morgan fingerprint density at radius 3 is 2.65 bits per heavy atom. The van der Waals surface area contributed by atoms with E-state index in [0.29, 0.717) is 24.7 Å². The van der Waals surface area contributed by atoms with Crippen LogP contribution >= 0.6 is 0 Å².